The van der Waals surface area contributed by atoms with Crippen molar-refractivity contribution in [3.05, 3.63) is 76.6 Å². The second-order valence-corrected chi connectivity index (χ2v) is 8.45. The SMILES string of the molecule is CCCn1c(C(=O)NC(c2cccnc2)C2CCOCC2)cc2c(=O)n3ccccc3nc21. The predicted molar refractivity (Wildman–Crippen MR) is 125 cm³/mol. The van der Waals surface area contributed by atoms with Gasteiger partial charge >= 0.3 is 0 Å². The molecular formula is C25H27N5O3. The van der Waals surface area contributed by atoms with Crippen molar-refractivity contribution in [1.82, 2.24) is 24.3 Å². The molecular weight excluding hydrogens is 418 g/mol. The molecule has 0 aliphatic carbocycles. The van der Waals surface area contributed by atoms with E-state index in [9.17, 15) is 9.59 Å². The number of aromatic nitrogens is 4. The molecule has 5 rings (SSSR count). The summed E-state index contributed by atoms with van der Waals surface area (Å²) in [5, 5.41) is 3.69. The predicted octanol–water partition coefficient (Wildman–Crippen LogP) is 3.35. The number of pyridine rings is 2. The molecule has 8 nitrogen and oxygen atoms in total. The van der Waals surface area contributed by atoms with Gasteiger partial charge in [-0.15, -0.1) is 0 Å². The highest BCUT2D eigenvalue weighted by atomic mass is 16.5. The number of ether oxygens (including phenoxy) is 1. The zero-order valence-corrected chi connectivity index (χ0v) is 18.6. The van der Waals surface area contributed by atoms with E-state index in [4.69, 9.17) is 9.72 Å². The summed E-state index contributed by atoms with van der Waals surface area (Å²) in [5.74, 6) is 0.0393. The molecule has 5 heterocycles. The number of amides is 1. The van der Waals surface area contributed by atoms with Crippen LogP contribution in [0.3, 0.4) is 0 Å². The van der Waals surface area contributed by atoms with E-state index in [0.29, 0.717) is 42.1 Å². The Balaban J connectivity index is 1.57. The molecule has 0 spiro atoms. The van der Waals surface area contributed by atoms with Crippen LogP contribution in [0.25, 0.3) is 16.7 Å². The Morgan fingerprint density at radius 1 is 1.24 bits per heavy atom. The van der Waals surface area contributed by atoms with Crippen LogP contribution in [0.5, 0.6) is 0 Å². The molecule has 0 aromatic carbocycles. The minimum absolute atomic E-state index is 0.173. The molecule has 0 saturated carbocycles. The molecule has 1 saturated heterocycles. The van der Waals surface area contributed by atoms with E-state index in [1.807, 2.05) is 35.9 Å². The third-order valence-corrected chi connectivity index (χ3v) is 6.32. The molecule has 170 valence electrons. The smallest absolute Gasteiger partial charge is 0.268 e. The Morgan fingerprint density at radius 2 is 2.09 bits per heavy atom. The van der Waals surface area contributed by atoms with Crippen LogP contribution in [0, 0.1) is 5.92 Å². The topological polar surface area (TPSA) is 90.5 Å². The maximum atomic E-state index is 13.6. The molecule has 1 amide bonds. The first-order valence-electron chi connectivity index (χ1n) is 11.5. The number of nitrogens with one attached hydrogen (secondary N) is 1. The molecule has 33 heavy (non-hydrogen) atoms. The second kappa shape index (κ2) is 9.15. The fourth-order valence-electron chi connectivity index (χ4n) is 4.69. The van der Waals surface area contributed by atoms with Gasteiger partial charge in [-0.25, -0.2) is 4.98 Å². The van der Waals surface area contributed by atoms with Gasteiger partial charge in [0.05, 0.1) is 11.4 Å². The number of carbonyl (C=O) groups excluding carboxylic acids is 1. The highest BCUT2D eigenvalue weighted by Crippen LogP contribution is 2.30. The number of fused-ring (bicyclic) bond motifs is 2. The van der Waals surface area contributed by atoms with Crippen LogP contribution in [-0.2, 0) is 11.3 Å². The lowest BCUT2D eigenvalue weighted by Gasteiger charge is -2.31. The first kappa shape index (κ1) is 21.3. The average molecular weight is 446 g/mol. The summed E-state index contributed by atoms with van der Waals surface area (Å²) in [5.41, 5.74) is 2.36. The number of nitrogens with zero attached hydrogens (tertiary/aromatic N) is 4. The molecule has 4 aromatic rings. The molecule has 8 heteroatoms. The van der Waals surface area contributed by atoms with Crippen molar-refractivity contribution >= 4 is 22.6 Å². The Morgan fingerprint density at radius 3 is 2.85 bits per heavy atom. The number of carbonyl (C=O) groups is 1. The van der Waals surface area contributed by atoms with Crippen molar-refractivity contribution in [1.29, 1.82) is 0 Å². The normalized spacial score (nSPS) is 15.7. The van der Waals surface area contributed by atoms with Gasteiger partial charge in [-0.1, -0.05) is 19.1 Å². The van der Waals surface area contributed by atoms with E-state index >= 15 is 0 Å². The summed E-state index contributed by atoms with van der Waals surface area (Å²) in [4.78, 5) is 35.7. The van der Waals surface area contributed by atoms with Gasteiger partial charge < -0.3 is 14.6 Å². The van der Waals surface area contributed by atoms with Gasteiger partial charge in [0.25, 0.3) is 11.5 Å². The van der Waals surface area contributed by atoms with Crippen LogP contribution in [0.4, 0.5) is 0 Å². The third-order valence-electron chi connectivity index (χ3n) is 6.32. The largest absolute Gasteiger partial charge is 0.381 e. The standard InChI is InChI=1S/C25H27N5O3/c1-2-11-29-20(15-19-23(29)27-21-7-3-4-12-30(21)25(19)32)24(31)28-22(17-8-13-33-14-9-17)18-6-5-10-26-16-18/h3-7,10,12,15-17,22H,2,8-9,11,13-14H2,1H3,(H,28,31). The van der Waals surface area contributed by atoms with Crippen molar-refractivity contribution in [2.24, 2.45) is 5.92 Å². The number of hydrogen-bond donors (Lipinski definition) is 1. The van der Waals surface area contributed by atoms with Crippen molar-refractivity contribution in [3.8, 4) is 0 Å². The van der Waals surface area contributed by atoms with Crippen LogP contribution in [0.1, 0.15) is 48.3 Å². The van der Waals surface area contributed by atoms with Crippen molar-refractivity contribution in [2.75, 3.05) is 13.2 Å². The monoisotopic (exact) mass is 445 g/mol. The van der Waals surface area contributed by atoms with E-state index < -0.39 is 0 Å². The van der Waals surface area contributed by atoms with E-state index in [1.165, 1.54) is 4.40 Å². The molecule has 1 atom stereocenters. The molecule has 0 bridgehead atoms. The number of hydrogen-bond acceptors (Lipinski definition) is 5. The molecule has 1 aliphatic heterocycles. The maximum Gasteiger partial charge on any atom is 0.268 e. The van der Waals surface area contributed by atoms with Crippen LogP contribution in [0.2, 0.25) is 0 Å². The Hall–Kier alpha value is -3.52. The van der Waals surface area contributed by atoms with Crippen molar-refractivity contribution in [3.63, 3.8) is 0 Å². The lowest BCUT2D eigenvalue weighted by molar-refractivity contribution is 0.0512. The lowest BCUT2D eigenvalue weighted by atomic mass is 9.87. The average Bonchev–Trinajstić information content (AvgIpc) is 3.22. The van der Waals surface area contributed by atoms with Gasteiger partial charge in [0, 0.05) is 38.3 Å². The molecule has 0 radical (unpaired) electrons. The van der Waals surface area contributed by atoms with Gasteiger partial charge in [-0.3, -0.25) is 19.0 Å². The van der Waals surface area contributed by atoms with Crippen LogP contribution < -0.4 is 10.9 Å². The summed E-state index contributed by atoms with van der Waals surface area (Å²) in [6.45, 7) is 4.00. The van der Waals surface area contributed by atoms with E-state index in [-0.39, 0.29) is 23.4 Å². The van der Waals surface area contributed by atoms with Crippen molar-refractivity contribution in [2.45, 2.75) is 38.8 Å². The van der Waals surface area contributed by atoms with Gasteiger partial charge in [0.1, 0.15) is 17.0 Å². The lowest BCUT2D eigenvalue weighted by Crippen LogP contribution is -2.37. The van der Waals surface area contributed by atoms with Gasteiger partial charge in [-0.2, -0.15) is 0 Å². The minimum Gasteiger partial charge on any atom is -0.381 e. The molecule has 1 N–H and O–H groups in total. The zero-order chi connectivity index (χ0) is 22.8. The zero-order valence-electron chi connectivity index (χ0n) is 18.6. The van der Waals surface area contributed by atoms with Crippen LogP contribution >= 0.6 is 0 Å². The highest BCUT2D eigenvalue weighted by molar-refractivity contribution is 5.98. The van der Waals surface area contributed by atoms with Gasteiger partial charge in [-0.05, 0) is 55.0 Å². The van der Waals surface area contributed by atoms with Crippen molar-refractivity contribution < 1.29 is 9.53 Å². The molecule has 1 aliphatic rings. The molecule has 1 fully saturated rings. The Labute approximate surface area is 191 Å². The first-order chi connectivity index (χ1) is 16.2. The highest BCUT2D eigenvalue weighted by Gasteiger charge is 2.29. The maximum absolute atomic E-state index is 13.6. The summed E-state index contributed by atoms with van der Waals surface area (Å²) < 4.78 is 8.92. The number of aryl methyl sites for hydroxylation is 1. The molecule has 1 unspecified atom stereocenters. The van der Waals surface area contributed by atoms with E-state index in [0.717, 1.165) is 24.8 Å². The minimum atomic E-state index is -0.213. The second-order valence-electron chi connectivity index (χ2n) is 8.45. The van der Waals surface area contributed by atoms with E-state index in [1.54, 1.807) is 30.6 Å². The third kappa shape index (κ3) is 4.02. The summed E-state index contributed by atoms with van der Waals surface area (Å²) >= 11 is 0. The van der Waals surface area contributed by atoms with Gasteiger partial charge in [0.2, 0.25) is 0 Å². The summed E-state index contributed by atoms with van der Waals surface area (Å²) in [7, 11) is 0. The summed E-state index contributed by atoms with van der Waals surface area (Å²) in [6.07, 6.45) is 7.78. The Kier molecular flexibility index (Phi) is 5.92. The first-order valence-corrected chi connectivity index (χ1v) is 11.5. The Bertz CT molecular complexity index is 1340. The fraction of sp³-hybridized carbons (Fsp3) is 0.360. The van der Waals surface area contributed by atoms with Gasteiger partial charge in [0.15, 0.2) is 0 Å². The summed E-state index contributed by atoms with van der Waals surface area (Å²) in [6, 6.07) is 10.8. The van der Waals surface area contributed by atoms with E-state index in [2.05, 4.69) is 10.3 Å². The molecule has 4 aromatic heterocycles. The fourth-order valence-corrected chi connectivity index (χ4v) is 4.69. The van der Waals surface area contributed by atoms with Crippen LogP contribution in [0.15, 0.2) is 59.8 Å². The quantitative estimate of drug-likeness (QED) is 0.492. The van der Waals surface area contributed by atoms with Crippen LogP contribution in [-0.4, -0.2) is 38.1 Å². The number of rotatable bonds is 6.